The van der Waals surface area contributed by atoms with E-state index in [0.717, 1.165) is 0 Å². The standard InChI is InChI=1S/C5H10ClNO2/c6-7-1-4(3-8)5(9)2-7/h4-5,8-9H,1-3H2. The molecular weight excluding hydrogens is 142 g/mol. The molecule has 0 spiro atoms. The summed E-state index contributed by atoms with van der Waals surface area (Å²) in [4.78, 5) is 0. The Hall–Kier alpha value is 0.170. The van der Waals surface area contributed by atoms with Crippen LogP contribution >= 0.6 is 11.8 Å². The van der Waals surface area contributed by atoms with Crippen molar-refractivity contribution < 1.29 is 10.2 Å². The Balaban J connectivity index is 2.38. The summed E-state index contributed by atoms with van der Waals surface area (Å²) >= 11 is 5.54. The van der Waals surface area contributed by atoms with Crippen molar-refractivity contribution in [2.75, 3.05) is 19.7 Å². The van der Waals surface area contributed by atoms with E-state index in [-0.39, 0.29) is 12.5 Å². The molecule has 3 nitrogen and oxygen atoms in total. The van der Waals surface area contributed by atoms with Gasteiger partial charge in [-0.2, -0.15) is 0 Å². The molecule has 1 rings (SSSR count). The van der Waals surface area contributed by atoms with Gasteiger partial charge in [0.25, 0.3) is 0 Å². The highest BCUT2D eigenvalue weighted by Gasteiger charge is 2.29. The molecule has 1 fully saturated rings. The maximum atomic E-state index is 9.07. The number of rotatable bonds is 1. The van der Waals surface area contributed by atoms with E-state index in [2.05, 4.69) is 0 Å². The SMILES string of the molecule is OCC1CN(Cl)CC1O. The van der Waals surface area contributed by atoms with Crippen molar-refractivity contribution in [1.29, 1.82) is 0 Å². The van der Waals surface area contributed by atoms with Crippen LogP contribution in [0.15, 0.2) is 0 Å². The van der Waals surface area contributed by atoms with Gasteiger partial charge in [-0.3, -0.25) is 0 Å². The third-order valence-electron chi connectivity index (χ3n) is 1.60. The van der Waals surface area contributed by atoms with Gasteiger partial charge < -0.3 is 10.2 Å². The molecule has 1 saturated heterocycles. The zero-order valence-corrected chi connectivity index (χ0v) is 5.75. The lowest BCUT2D eigenvalue weighted by atomic mass is 10.1. The van der Waals surface area contributed by atoms with Gasteiger partial charge in [0.15, 0.2) is 0 Å². The molecule has 2 N–H and O–H groups in total. The average molecular weight is 152 g/mol. The van der Waals surface area contributed by atoms with E-state index < -0.39 is 6.10 Å². The first kappa shape index (κ1) is 7.28. The van der Waals surface area contributed by atoms with Crippen LogP contribution in [0.25, 0.3) is 0 Å². The van der Waals surface area contributed by atoms with Gasteiger partial charge >= 0.3 is 0 Å². The van der Waals surface area contributed by atoms with Gasteiger partial charge in [0.1, 0.15) is 0 Å². The number of hydrogen-bond donors (Lipinski definition) is 2. The number of aliphatic hydroxyl groups excluding tert-OH is 2. The Morgan fingerprint density at radius 1 is 1.56 bits per heavy atom. The van der Waals surface area contributed by atoms with Crippen molar-refractivity contribution in [3.05, 3.63) is 0 Å². The van der Waals surface area contributed by atoms with Crippen LogP contribution in [0.3, 0.4) is 0 Å². The van der Waals surface area contributed by atoms with Crippen molar-refractivity contribution in [1.82, 2.24) is 4.42 Å². The molecule has 0 saturated carbocycles. The number of aliphatic hydroxyl groups is 2. The monoisotopic (exact) mass is 151 g/mol. The smallest absolute Gasteiger partial charge is 0.0743 e. The summed E-state index contributed by atoms with van der Waals surface area (Å²) in [7, 11) is 0. The molecule has 4 heteroatoms. The van der Waals surface area contributed by atoms with E-state index in [1.165, 1.54) is 4.42 Å². The van der Waals surface area contributed by atoms with Crippen LogP contribution in [-0.2, 0) is 0 Å². The molecule has 2 unspecified atom stereocenters. The van der Waals surface area contributed by atoms with Gasteiger partial charge in [-0.05, 0) is 11.8 Å². The molecule has 0 aromatic carbocycles. The summed E-state index contributed by atoms with van der Waals surface area (Å²) in [5.74, 6) is -0.0532. The van der Waals surface area contributed by atoms with Gasteiger partial charge in [-0.25, -0.2) is 4.42 Å². The molecule has 0 bridgehead atoms. The Morgan fingerprint density at radius 3 is 2.44 bits per heavy atom. The quantitative estimate of drug-likeness (QED) is 0.493. The molecule has 0 amide bonds. The second-order valence-corrected chi connectivity index (χ2v) is 2.82. The number of halogens is 1. The van der Waals surface area contributed by atoms with Crippen LogP contribution in [0, 0.1) is 5.92 Å². The van der Waals surface area contributed by atoms with Crippen LogP contribution in [0.4, 0.5) is 0 Å². The molecule has 0 radical (unpaired) electrons. The van der Waals surface area contributed by atoms with Crippen LogP contribution < -0.4 is 0 Å². The van der Waals surface area contributed by atoms with Gasteiger partial charge in [0.2, 0.25) is 0 Å². The molecule has 2 atom stereocenters. The predicted octanol–water partition coefficient (Wildman–Crippen LogP) is -0.575. The fourth-order valence-electron chi connectivity index (χ4n) is 0.982. The fourth-order valence-corrected chi connectivity index (χ4v) is 1.30. The topological polar surface area (TPSA) is 43.7 Å². The Kier molecular flexibility index (Phi) is 2.29. The van der Waals surface area contributed by atoms with E-state index in [1.807, 2.05) is 0 Å². The van der Waals surface area contributed by atoms with Crippen LogP contribution in [0.5, 0.6) is 0 Å². The van der Waals surface area contributed by atoms with Crippen molar-refractivity contribution >= 4 is 11.8 Å². The molecule has 1 heterocycles. The molecule has 0 aromatic heterocycles. The van der Waals surface area contributed by atoms with E-state index in [9.17, 15) is 0 Å². The molecule has 0 aliphatic carbocycles. The second kappa shape index (κ2) is 2.84. The summed E-state index contributed by atoms with van der Waals surface area (Å²) in [5, 5.41) is 17.7. The predicted molar refractivity (Wildman–Crippen MR) is 34.0 cm³/mol. The second-order valence-electron chi connectivity index (χ2n) is 2.34. The zero-order chi connectivity index (χ0) is 6.85. The Bertz CT molecular complexity index is 101. The van der Waals surface area contributed by atoms with Gasteiger partial charge in [-0.1, -0.05) is 0 Å². The minimum absolute atomic E-state index is 0.0182. The lowest BCUT2D eigenvalue weighted by molar-refractivity contribution is 0.104. The first-order valence-corrected chi connectivity index (χ1v) is 3.27. The van der Waals surface area contributed by atoms with Crippen molar-refractivity contribution in [2.24, 2.45) is 5.92 Å². The largest absolute Gasteiger partial charge is 0.396 e. The third kappa shape index (κ3) is 1.55. The summed E-state index contributed by atoms with van der Waals surface area (Å²) in [6, 6.07) is 0. The van der Waals surface area contributed by atoms with Gasteiger partial charge in [0.05, 0.1) is 6.10 Å². The van der Waals surface area contributed by atoms with Crippen LogP contribution in [-0.4, -0.2) is 40.4 Å². The first-order chi connectivity index (χ1) is 4.24. The maximum Gasteiger partial charge on any atom is 0.0743 e. The van der Waals surface area contributed by atoms with Gasteiger partial charge in [0, 0.05) is 25.6 Å². The summed E-state index contributed by atoms with van der Waals surface area (Å²) in [6.45, 7) is 1.07. The summed E-state index contributed by atoms with van der Waals surface area (Å²) < 4.78 is 1.49. The summed E-state index contributed by atoms with van der Waals surface area (Å²) in [5.41, 5.74) is 0. The first-order valence-electron chi connectivity index (χ1n) is 2.93. The van der Waals surface area contributed by atoms with E-state index in [4.69, 9.17) is 22.0 Å². The van der Waals surface area contributed by atoms with Crippen molar-refractivity contribution in [3.8, 4) is 0 Å². The number of β-amino-alcohol motifs (C(OH)–C–C–N with tert-alkyl or cyclic N) is 1. The van der Waals surface area contributed by atoms with Gasteiger partial charge in [-0.15, -0.1) is 0 Å². The molecule has 0 aromatic rings. The highest BCUT2D eigenvalue weighted by Crippen LogP contribution is 2.17. The lowest BCUT2D eigenvalue weighted by Gasteiger charge is -2.06. The maximum absolute atomic E-state index is 9.07. The van der Waals surface area contributed by atoms with Crippen molar-refractivity contribution in [3.63, 3.8) is 0 Å². The molecule has 54 valence electrons. The average Bonchev–Trinajstić information content (AvgIpc) is 2.10. The van der Waals surface area contributed by atoms with Crippen molar-refractivity contribution in [2.45, 2.75) is 6.10 Å². The lowest BCUT2D eigenvalue weighted by Crippen LogP contribution is -2.20. The Labute approximate surface area is 59.0 Å². The molecular formula is C5H10ClNO2. The van der Waals surface area contributed by atoms with Crippen LogP contribution in [0.2, 0.25) is 0 Å². The van der Waals surface area contributed by atoms with E-state index >= 15 is 0 Å². The number of nitrogens with zero attached hydrogens (tertiary/aromatic N) is 1. The number of hydrogen-bond acceptors (Lipinski definition) is 3. The minimum Gasteiger partial charge on any atom is -0.396 e. The van der Waals surface area contributed by atoms with Crippen LogP contribution in [0.1, 0.15) is 0 Å². The summed E-state index contributed by atoms with van der Waals surface area (Å²) in [6.07, 6.45) is -0.451. The third-order valence-corrected chi connectivity index (χ3v) is 1.87. The van der Waals surface area contributed by atoms with E-state index in [1.54, 1.807) is 0 Å². The molecule has 1 aliphatic rings. The molecule has 1 aliphatic heterocycles. The normalized spacial score (nSPS) is 37.7. The highest BCUT2D eigenvalue weighted by molar-refractivity contribution is 6.13. The minimum atomic E-state index is -0.451. The molecule has 9 heavy (non-hydrogen) atoms. The Morgan fingerprint density at radius 2 is 2.22 bits per heavy atom. The fraction of sp³-hybridized carbons (Fsp3) is 1.00. The van der Waals surface area contributed by atoms with E-state index in [0.29, 0.717) is 13.1 Å². The highest BCUT2D eigenvalue weighted by atomic mass is 35.5. The zero-order valence-electron chi connectivity index (χ0n) is 5.00.